The van der Waals surface area contributed by atoms with Gasteiger partial charge in [-0.15, -0.1) is 0 Å². The predicted octanol–water partition coefficient (Wildman–Crippen LogP) is 9.45. The van der Waals surface area contributed by atoms with Crippen molar-refractivity contribution in [3.63, 3.8) is 0 Å². The normalized spacial score (nSPS) is 14.5. The van der Waals surface area contributed by atoms with Gasteiger partial charge in [0.25, 0.3) is 0 Å². The Labute approximate surface area is 507 Å². The Morgan fingerprint density at radius 2 is 0.940 bits per heavy atom. The molecule has 0 bridgehead atoms. The van der Waals surface area contributed by atoms with E-state index in [2.05, 4.69) is 38.6 Å². The van der Waals surface area contributed by atoms with Gasteiger partial charge in [-0.1, -0.05) is 47.5 Å². The number of benzene rings is 3. The lowest BCUT2D eigenvalue weighted by Gasteiger charge is -2.31. The third-order valence-electron chi connectivity index (χ3n) is 14.7. The number of nitrogens with two attached hydrogens (primary N) is 2. The molecule has 0 aromatic heterocycles. The number of rotatable bonds is 30. The molecular formula is C62H92Cl2N8O12. The summed E-state index contributed by atoms with van der Waals surface area (Å²) in [4.78, 5) is 86.1. The molecule has 0 spiro atoms. The van der Waals surface area contributed by atoms with Crippen molar-refractivity contribution in [3.8, 4) is 11.5 Å². The maximum absolute atomic E-state index is 13.4. The van der Waals surface area contributed by atoms with E-state index in [9.17, 15) is 28.8 Å². The molecule has 0 unspecified atom stereocenters. The van der Waals surface area contributed by atoms with Crippen molar-refractivity contribution in [1.82, 2.24) is 30.2 Å². The van der Waals surface area contributed by atoms with Gasteiger partial charge in [0.15, 0.2) is 0 Å². The molecule has 2 fully saturated rings. The molecule has 2 heterocycles. The SMILES string of the molecule is COc1cc(N)c(Cl)cc1C(=O)OCCN1CCC(CNC(=O)CCCN(CCCc2cccc(CCCN(CCCC(=O)NCC3CCN(CCOC(=O)c4cc(Cl)c(N)cc4OC)CC3)C(=O)OC(C)(C)C)c2)C(=O)OC(C)(C)C)CC1. The molecule has 2 aliphatic heterocycles. The summed E-state index contributed by atoms with van der Waals surface area (Å²) in [7, 11) is 2.90. The molecule has 84 heavy (non-hydrogen) atoms. The molecule has 22 heteroatoms. The number of hydrogen-bond acceptors (Lipinski definition) is 16. The highest BCUT2D eigenvalue weighted by Gasteiger charge is 2.27. The molecule has 0 aliphatic carbocycles. The highest BCUT2D eigenvalue weighted by Crippen LogP contribution is 2.31. The van der Waals surface area contributed by atoms with Crippen molar-refractivity contribution in [2.45, 2.75) is 130 Å². The van der Waals surface area contributed by atoms with Gasteiger partial charge in [-0.3, -0.25) is 19.4 Å². The first-order valence-electron chi connectivity index (χ1n) is 29.5. The quantitative estimate of drug-likeness (QED) is 0.0276. The van der Waals surface area contributed by atoms with Gasteiger partial charge in [0.1, 0.15) is 47.0 Å². The van der Waals surface area contributed by atoms with Gasteiger partial charge < -0.3 is 60.3 Å². The van der Waals surface area contributed by atoms with E-state index in [4.69, 9.17) is 63.1 Å². The summed E-state index contributed by atoms with van der Waals surface area (Å²) >= 11 is 12.2. The lowest BCUT2D eigenvalue weighted by Crippen LogP contribution is -2.40. The number of carbonyl (C=O) groups excluding carboxylic acids is 6. The van der Waals surface area contributed by atoms with Crippen LogP contribution in [0, 0.1) is 11.8 Å². The molecule has 5 rings (SSSR count). The van der Waals surface area contributed by atoms with Crippen LogP contribution in [0.3, 0.4) is 0 Å². The van der Waals surface area contributed by atoms with E-state index < -0.39 is 35.3 Å². The van der Waals surface area contributed by atoms with Crippen molar-refractivity contribution in [1.29, 1.82) is 0 Å². The molecule has 0 saturated carbocycles. The Hall–Kier alpha value is -6.22. The highest BCUT2D eigenvalue weighted by atomic mass is 35.5. The second-order valence-corrected chi connectivity index (χ2v) is 24.6. The van der Waals surface area contributed by atoms with Crippen LogP contribution in [0.4, 0.5) is 21.0 Å². The van der Waals surface area contributed by atoms with Gasteiger partial charge >= 0.3 is 24.1 Å². The van der Waals surface area contributed by atoms with E-state index >= 15 is 0 Å². The lowest BCUT2D eigenvalue weighted by molar-refractivity contribution is -0.122. The molecule has 4 amide bonds. The summed E-state index contributed by atoms with van der Waals surface area (Å²) in [6.45, 7) is 18.8. The molecule has 466 valence electrons. The zero-order chi connectivity index (χ0) is 61.4. The fraction of sp³-hybridized carbons (Fsp3) is 0.613. The predicted molar refractivity (Wildman–Crippen MR) is 327 cm³/mol. The first kappa shape index (κ1) is 68.6. The first-order chi connectivity index (χ1) is 39.9. The number of likely N-dealkylation sites (tertiary alicyclic amines) is 2. The van der Waals surface area contributed by atoms with E-state index in [1.807, 2.05) is 47.6 Å². The number of nitrogens with zero attached hydrogens (tertiary/aromatic N) is 4. The molecular weight excluding hydrogens is 1120 g/mol. The zero-order valence-electron chi connectivity index (χ0n) is 50.8. The standard InChI is InChI=1S/C62H92Cl2N8O12/c1-61(2,3)83-59(77)71(26-12-18-55(73)67-41-45-20-28-69(29-21-45)32-34-81-57(75)47-37-49(63)51(65)39-53(47)79-7)24-10-16-43-14-9-15-44(36-43)17-11-25-72(60(78)84-62(4,5)6)27-13-19-56(74)68-42-46-22-30-70(31-23-46)33-35-82-58(76)48-38-50(64)52(66)40-54(48)80-8/h9,14-15,36-40,45-46H,10-13,16-35,41-42,65-66H2,1-8H3,(H,67,73)(H,68,74). The van der Waals surface area contributed by atoms with Gasteiger partial charge in [0.05, 0.1) is 35.6 Å². The minimum Gasteiger partial charge on any atom is -0.496 e. The third kappa shape index (κ3) is 24.4. The fourth-order valence-corrected chi connectivity index (χ4v) is 10.3. The van der Waals surface area contributed by atoms with E-state index in [1.165, 1.54) is 38.5 Å². The number of ether oxygens (including phenoxy) is 6. The van der Waals surface area contributed by atoms with Crippen LogP contribution in [0.25, 0.3) is 0 Å². The number of aryl methyl sites for hydroxylation is 2. The number of methoxy groups -OCH3 is 2. The number of hydrogen-bond donors (Lipinski definition) is 4. The largest absolute Gasteiger partial charge is 0.496 e. The van der Waals surface area contributed by atoms with Crippen LogP contribution in [0.2, 0.25) is 10.0 Å². The van der Waals surface area contributed by atoms with Crippen LogP contribution in [-0.2, 0) is 41.4 Å². The van der Waals surface area contributed by atoms with Gasteiger partial charge in [-0.2, -0.15) is 0 Å². The van der Waals surface area contributed by atoms with Crippen LogP contribution in [0.5, 0.6) is 11.5 Å². The number of carbonyl (C=O) groups is 6. The molecule has 0 radical (unpaired) electrons. The van der Waals surface area contributed by atoms with Gasteiger partial charge in [-0.05, 0) is 167 Å². The molecule has 20 nitrogen and oxygen atoms in total. The Morgan fingerprint density at radius 3 is 1.30 bits per heavy atom. The first-order valence-corrected chi connectivity index (χ1v) is 30.3. The monoisotopic (exact) mass is 1210 g/mol. The summed E-state index contributed by atoms with van der Waals surface area (Å²) in [5, 5.41) is 6.71. The minimum absolute atomic E-state index is 0.0525. The van der Waals surface area contributed by atoms with Crippen molar-refractivity contribution < 1.29 is 57.2 Å². The van der Waals surface area contributed by atoms with E-state index in [1.54, 1.807) is 9.80 Å². The maximum atomic E-state index is 13.4. The Bertz CT molecular complexity index is 2460. The number of halogens is 2. The molecule has 6 N–H and O–H groups in total. The smallest absolute Gasteiger partial charge is 0.410 e. The average molecular weight is 1210 g/mol. The Morgan fingerprint density at radius 1 is 0.571 bits per heavy atom. The second-order valence-electron chi connectivity index (χ2n) is 23.8. The number of piperidine rings is 2. The van der Waals surface area contributed by atoms with Crippen LogP contribution in [-0.4, -0.2) is 173 Å². The third-order valence-corrected chi connectivity index (χ3v) is 15.3. The molecule has 3 aromatic rings. The summed E-state index contributed by atoms with van der Waals surface area (Å²) in [5.74, 6) is 0.107. The van der Waals surface area contributed by atoms with Crippen LogP contribution >= 0.6 is 23.2 Å². The highest BCUT2D eigenvalue weighted by molar-refractivity contribution is 6.34. The minimum atomic E-state index is -0.673. The van der Waals surface area contributed by atoms with Crippen molar-refractivity contribution in [3.05, 3.63) is 80.8 Å². The number of amides is 4. The van der Waals surface area contributed by atoms with E-state index in [0.717, 1.165) is 75.8 Å². The Kier molecular flexibility index (Phi) is 27.8. The zero-order valence-corrected chi connectivity index (χ0v) is 52.3. The van der Waals surface area contributed by atoms with Crippen LogP contribution in [0.1, 0.15) is 138 Å². The van der Waals surface area contributed by atoms with Gasteiger partial charge in [0.2, 0.25) is 11.8 Å². The topological polar surface area (TPSA) is 247 Å². The number of esters is 2. The molecule has 2 aliphatic rings. The number of nitrogens with one attached hydrogen (secondary N) is 2. The van der Waals surface area contributed by atoms with E-state index in [-0.39, 0.29) is 59.0 Å². The number of nitrogen functional groups attached to an aromatic ring is 2. The average Bonchev–Trinajstić information content (AvgIpc) is 3.63. The van der Waals surface area contributed by atoms with Crippen LogP contribution < -0.4 is 31.6 Å². The van der Waals surface area contributed by atoms with Crippen molar-refractivity contribution >= 4 is 70.5 Å². The van der Waals surface area contributed by atoms with Crippen molar-refractivity contribution in [2.24, 2.45) is 11.8 Å². The fourth-order valence-electron chi connectivity index (χ4n) is 10.00. The summed E-state index contributed by atoms with van der Waals surface area (Å²) < 4.78 is 33.1. The Balaban J connectivity index is 0.972. The second kappa shape index (κ2) is 34.1. The van der Waals surface area contributed by atoms with Gasteiger partial charge in [-0.25, -0.2) is 19.2 Å². The van der Waals surface area contributed by atoms with Crippen LogP contribution in [0.15, 0.2) is 48.5 Å². The maximum Gasteiger partial charge on any atom is 0.410 e. The summed E-state index contributed by atoms with van der Waals surface area (Å²) in [5.41, 5.74) is 13.7. The lowest BCUT2D eigenvalue weighted by atomic mass is 9.97. The summed E-state index contributed by atoms with van der Waals surface area (Å²) in [6, 6.07) is 14.3. The summed E-state index contributed by atoms with van der Waals surface area (Å²) in [6.07, 6.45) is 7.21. The van der Waals surface area contributed by atoms with Gasteiger partial charge in [0, 0.05) is 77.3 Å². The molecule has 2 saturated heterocycles. The van der Waals surface area contributed by atoms with Crippen molar-refractivity contribution in [2.75, 3.05) is 117 Å². The van der Waals surface area contributed by atoms with E-state index in [0.29, 0.717) is 113 Å². The number of anilines is 2. The molecule has 3 aromatic carbocycles. The molecule has 0 atom stereocenters.